The van der Waals surface area contributed by atoms with E-state index in [0.717, 1.165) is 44.1 Å². The molecule has 3 saturated carbocycles. The number of ether oxygens (including phenoxy) is 1. The molecule has 5 aliphatic rings. The van der Waals surface area contributed by atoms with Gasteiger partial charge in [0.15, 0.2) is 0 Å². The molecule has 3 N–H and O–H groups in total. The summed E-state index contributed by atoms with van der Waals surface area (Å²) in [5.41, 5.74) is 12.0. The van der Waals surface area contributed by atoms with Crippen LogP contribution < -0.4 is 5.73 Å². The van der Waals surface area contributed by atoms with Crippen molar-refractivity contribution in [2.75, 3.05) is 6.61 Å². The Bertz CT molecular complexity index is 1210. The van der Waals surface area contributed by atoms with Crippen LogP contribution in [-0.2, 0) is 9.53 Å². The highest BCUT2D eigenvalue weighted by atomic mass is 16.5. The van der Waals surface area contributed by atoms with Crippen LogP contribution >= 0.6 is 0 Å². The number of nitrogens with two attached hydrogens (primary N) is 1. The summed E-state index contributed by atoms with van der Waals surface area (Å²) in [6.07, 6.45) is 15.5. The van der Waals surface area contributed by atoms with Gasteiger partial charge in [0, 0.05) is 10.8 Å². The number of carbonyl (C=O) groups excluding carboxylic acids is 1. The second-order valence-electron chi connectivity index (χ2n) is 14.7. The molecule has 1 amide bonds. The third-order valence-corrected chi connectivity index (χ3v) is 12.3. The zero-order valence-electron chi connectivity index (χ0n) is 25.0. The number of allylic oxidation sites excluding steroid dienone is 7. The Morgan fingerprint density at radius 2 is 1.74 bits per heavy atom. The fourth-order valence-electron chi connectivity index (χ4n) is 9.29. The van der Waals surface area contributed by atoms with E-state index in [9.17, 15) is 9.90 Å². The summed E-state index contributed by atoms with van der Waals surface area (Å²) in [6.45, 7) is 18.7. The molecule has 0 aliphatic heterocycles. The minimum absolute atomic E-state index is 0.0196. The van der Waals surface area contributed by atoms with Gasteiger partial charge < -0.3 is 15.6 Å². The maximum absolute atomic E-state index is 12.6. The van der Waals surface area contributed by atoms with Crippen LogP contribution in [0, 0.1) is 33.0 Å². The molecule has 7 atom stereocenters. The minimum atomic E-state index is -0.728. The maximum atomic E-state index is 12.6. The summed E-state index contributed by atoms with van der Waals surface area (Å²) >= 11 is 0. The van der Waals surface area contributed by atoms with Crippen LogP contribution in [0.5, 0.6) is 0 Å². The standard InChI is InChI=1S/C34H49NO3/c1-21(2)11-18-38-28-22(3)23-9-10-26-32(6,24(23)19-25(28)36)15-17-34(8)27-20-31(5,29(35)37)13-12-30(27,4)14-16-33(26,34)7/h9-11,19,25,27,36H,12-18,20H2,1-8H3,(H2,35,37)/t25?,27-,30-,31-,32+,33-,34+/m1/s1. The summed E-state index contributed by atoms with van der Waals surface area (Å²) in [6, 6.07) is 0. The number of rotatable bonds is 4. The zero-order valence-corrected chi connectivity index (χ0v) is 25.0. The highest BCUT2D eigenvalue weighted by Crippen LogP contribution is 2.75. The lowest BCUT2D eigenvalue weighted by Crippen LogP contribution is -2.62. The highest BCUT2D eigenvalue weighted by Gasteiger charge is 2.67. The number of hydrogen-bond acceptors (Lipinski definition) is 3. The van der Waals surface area contributed by atoms with Crippen LogP contribution in [-0.4, -0.2) is 23.7 Å². The van der Waals surface area contributed by atoms with Crippen LogP contribution in [0.3, 0.4) is 0 Å². The van der Waals surface area contributed by atoms with E-state index in [1.807, 2.05) is 0 Å². The van der Waals surface area contributed by atoms with E-state index in [0.29, 0.717) is 18.3 Å². The molecule has 0 bridgehead atoms. The van der Waals surface area contributed by atoms with Gasteiger partial charge in [-0.1, -0.05) is 57.9 Å². The molecule has 0 aromatic rings. The third-order valence-electron chi connectivity index (χ3n) is 12.3. The van der Waals surface area contributed by atoms with Gasteiger partial charge >= 0.3 is 0 Å². The summed E-state index contributed by atoms with van der Waals surface area (Å²) in [4.78, 5) is 12.6. The van der Waals surface area contributed by atoms with Crippen molar-refractivity contribution in [1.82, 2.24) is 0 Å². The smallest absolute Gasteiger partial charge is 0.223 e. The molecule has 0 saturated heterocycles. The van der Waals surface area contributed by atoms with Crippen molar-refractivity contribution in [1.29, 1.82) is 0 Å². The molecule has 38 heavy (non-hydrogen) atoms. The lowest BCUT2D eigenvalue weighted by atomic mass is 9.34. The van der Waals surface area contributed by atoms with Crippen LogP contribution in [0.15, 0.2) is 57.9 Å². The van der Waals surface area contributed by atoms with Crippen LogP contribution in [0.4, 0.5) is 0 Å². The fraction of sp³-hybridized carbons (Fsp3) is 0.676. The molecule has 0 heterocycles. The first kappa shape index (κ1) is 27.5. The van der Waals surface area contributed by atoms with Crippen molar-refractivity contribution < 1.29 is 14.6 Å². The summed E-state index contributed by atoms with van der Waals surface area (Å²) in [7, 11) is 0. The first-order valence-electron chi connectivity index (χ1n) is 14.7. The Balaban J connectivity index is 1.56. The number of amides is 1. The molecule has 4 heteroatoms. The van der Waals surface area contributed by atoms with Gasteiger partial charge in [-0.2, -0.15) is 0 Å². The lowest BCUT2D eigenvalue weighted by molar-refractivity contribution is -0.167. The van der Waals surface area contributed by atoms with Crippen molar-refractivity contribution in [2.45, 2.75) is 106 Å². The molecule has 1 unspecified atom stereocenters. The Morgan fingerprint density at radius 3 is 2.39 bits per heavy atom. The van der Waals surface area contributed by atoms with E-state index in [1.165, 1.54) is 28.7 Å². The molecule has 0 aromatic heterocycles. The van der Waals surface area contributed by atoms with E-state index in [2.05, 4.69) is 79.7 Å². The number of aliphatic hydroxyl groups is 1. The highest BCUT2D eigenvalue weighted by molar-refractivity contribution is 5.80. The summed E-state index contributed by atoms with van der Waals surface area (Å²) in [5, 5.41) is 11.2. The van der Waals surface area contributed by atoms with Crippen LogP contribution in [0.1, 0.15) is 100 Å². The summed E-state index contributed by atoms with van der Waals surface area (Å²) in [5.74, 6) is 0.997. The molecule has 3 fully saturated rings. The zero-order chi connectivity index (χ0) is 27.9. The molecule has 208 valence electrons. The lowest BCUT2D eigenvalue weighted by Gasteiger charge is -2.70. The topological polar surface area (TPSA) is 72.5 Å². The van der Waals surface area contributed by atoms with Gasteiger partial charge in [-0.3, -0.25) is 4.79 Å². The van der Waals surface area contributed by atoms with Gasteiger partial charge in [-0.15, -0.1) is 0 Å². The first-order chi connectivity index (χ1) is 17.6. The Hall–Kier alpha value is -2.07. The normalized spacial score (nSPS) is 43.9. The Kier molecular flexibility index (Phi) is 6.31. The van der Waals surface area contributed by atoms with E-state index in [-0.39, 0.29) is 27.6 Å². The van der Waals surface area contributed by atoms with Crippen LogP contribution in [0.2, 0.25) is 0 Å². The predicted octanol–water partition coefficient (Wildman–Crippen LogP) is 7.32. The van der Waals surface area contributed by atoms with Gasteiger partial charge in [-0.25, -0.2) is 0 Å². The molecule has 4 nitrogen and oxygen atoms in total. The molecular formula is C34H49NO3. The van der Waals surface area contributed by atoms with Crippen molar-refractivity contribution in [2.24, 2.45) is 38.7 Å². The van der Waals surface area contributed by atoms with E-state index >= 15 is 0 Å². The number of aliphatic hydroxyl groups excluding tert-OH is 1. The van der Waals surface area contributed by atoms with E-state index < -0.39 is 11.5 Å². The minimum Gasteiger partial charge on any atom is -0.490 e. The Morgan fingerprint density at radius 1 is 1.05 bits per heavy atom. The first-order valence-corrected chi connectivity index (χ1v) is 14.7. The SMILES string of the molecule is CC(C)=CCOC1=C(C)C2=CC=C3[C@@](C)(CC[C@@]4(C)[C@@H]5C[C@](C)(C(N)=O)CC[C@]5(C)CC[C@]34C)C2=CC1O. The average Bonchev–Trinajstić information content (AvgIpc) is 2.84. The Labute approximate surface area is 230 Å². The molecule has 0 spiro atoms. The molecule has 0 aromatic carbocycles. The van der Waals surface area contributed by atoms with E-state index in [4.69, 9.17) is 10.5 Å². The van der Waals surface area contributed by atoms with Crippen molar-refractivity contribution in [3.8, 4) is 0 Å². The molecular weight excluding hydrogens is 470 g/mol. The largest absolute Gasteiger partial charge is 0.490 e. The molecule has 0 radical (unpaired) electrons. The maximum Gasteiger partial charge on any atom is 0.223 e. The quantitative estimate of drug-likeness (QED) is 0.382. The van der Waals surface area contributed by atoms with E-state index in [1.54, 1.807) is 0 Å². The second kappa shape index (κ2) is 8.71. The second-order valence-corrected chi connectivity index (χ2v) is 14.7. The van der Waals surface area contributed by atoms with Crippen molar-refractivity contribution in [3.63, 3.8) is 0 Å². The average molecular weight is 520 g/mol. The van der Waals surface area contributed by atoms with Gasteiger partial charge in [0.05, 0.1) is 0 Å². The van der Waals surface area contributed by atoms with Gasteiger partial charge in [-0.05, 0) is 117 Å². The number of hydrogen-bond donors (Lipinski definition) is 2. The monoisotopic (exact) mass is 519 g/mol. The molecule has 5 aliphatic carbocycles. The third kappa shape index (κ3) is 3.68. The fourth-order valence-corrected chi connectivity index (χ4v) is 9.29. The van der Waals surface area contributed by atoms with Crippen molar-refractivity contribution in [3.05, 3.63) is 57.9 Å². The number of carbonyl (C=O) groups is 1. The van der Waals surface area contributed by atoms with Gasteiger partial charge in [0.1, 0.15) is 18.5 Å². The van der Waals surface area contributed by atoms with Gasteiger partial charge in [0.2, 0.25) is 5.91 Å². The van der Waals surface area contributed by atoms with Gasteiger partial charge in [0.25, 0.3) is 0 Å². The van der Waals surface area contributed by atoms with Crippen molar-refractivity contribution >= 4 is 5.91 Å². The summed E-state index contributed by atoms with van der Waals surface area (Å²) < 4.78 is 6.08. The number of primary amides is 1. The van der Waals surface area contributed by atoms with Crippen LogP contribution in [0.25, 0.3) is 0 Å². The predicted molar refractivity (Wildman–Crippen MR) is 154 cm³/mol. The number of fused-ring (bicyclic) bond motifs is 7. The molecule has 5 rings (SSSR count).